The molecule has 1 aromatic carbocycles. The number of amides is 1. The molecule has 2 aliphatic rings. The summed E-state index contributed by atoms with van der Waals surface area (Å²) in [6.45, 7) is 0.545. The maximum Gasteiger partial charge on any atom is 0.231 e. The van der Waals surface area contributed by atoms with Crippen molar-refractivity contribution in [1.29, 1.82) is 0 Å². The van der Waals surface area contributed by atoms with Crippen LogP contribution in [0.1, 0.15) is 36.4 Å². The molecule has 124 valence electrons. The van der Waals surface area contributed by atoms with Crippen molar-refractivity contribution in [2.24, 2.45) is 0 Å². The quantitative estimate of drug-likeness (QED) is 0.895. The number of ether oxygens (including phenoxy) is 1. The van der Waals surface area contributed by atoms with E-state index in [1.54, 1.807) is 18.3 Å². The lowest BCUT2D eigenvalue weighted by molar-refractivity contribution is -0.124. The SMILES string of the molecule is O=C(NC1CCOc2ncccc21)C1(c2ccc(Cl)cc2Cl)CC1. The standard InChI is InChI=1S/C18H16Cl2N2O2/c19-11-3-4-13(14(20)10-11)18(6-7-18)17(23)22-15-5-9-24-16-12(15)2-1-8-21-16/h1-4,8,10,15H,5-7,9H2,(H,22,23). The zero-order valence-electron chi connectivity index (χ0n) is 12.9. The summed E-state index contributed by atoms with van der Waals surface area (Å²) >= 11 is 12.3. The fourth-order valence-electron chi connectivity index (χ4n) is 3.29. The molecule has 1 N–H and O–H groups in total. The molecule has 1 aliphatic heterocycles. The van der Waals surface area contributed by atoms with E-state index in [1.165, 1.54) is 0 Å². The first-order valence-electron chi connectivity index (χ1n) is 7.94. The van der Waals surface area contributed by atoms with Gasteiger partial charge in [0.25, 0.3) is 0 Å². The highest BCUT2D eigenvalue weighted by molar-refractivity contribution is 6.35. The van der Waals surface area contributed by atoms with Gasteiger partial charge in [0.05, 0.1) is 18.1 Å². The fraction of sp³-hybridized carbons (Fsp3) is 0.333. The Labute approximate surface area is 150 Å². The summed E-state index contributed by atoms with van der Waals surface area (Å²) in [6.07, 6.45) is 4.01. The number of hydrogen-bond acceptors (Lipinski definition) is 3. The monoisotopic (exact) mass is 362 g/mol. The number of nitrogens with one attached hydrogen (secondary N) is 1. The van der Waals surface area contributed by atoms with E-state index in [0.29, 0.717) is 22.5 Å². The van der Waals surface area contributed by atoms with Gasteiger partial charge in [-0.2, -0.15) is 0 Å². The van der Waals surface area contributed by atoms with Crippen LogP contribution in [-0.4, -0.2) is 17.5 Å². The number of fused-ring (bicyclic) bond motifs is 1. The van der Waals surface area contributed by atoms with E-state index in [0.717, 1.165) is 30.4 Å². The third kappa shape index (κ3) is 2.64. The average Bonchev–Trinajstić information content (AvgIpc) is 3.37. The molecule has 1 aliphatic carbocycles. The smallest absolute Gasteiger partial charge is 0.231 e. The number of rotatable bonds is 3. The number of halogens is 2. The first-order chi connectivity index (χ1) is 11.6. The highest BCUT2D eigenvalue weighted by atomic mass is 35.5. The van der Waals surface area contributed by atoms with E-state index in [2.05, 4.69) is 10.3 Å². The molecule has 0 bridgehead atoms. The van der Waals surface area contributed by atoms with Crippen molar-refractivity contribution in [1.82, 2.24) is 10.3 Å². The number of nitrogens with zero attached hydrogens (tertiary/aromatic N) is 1. The van der Waals surface area contributed by atoms with Crippen molar-refractivity contribution in [2.75, 3.05) is 6.61 Å². The summed E-state index contributed by atoms with van der Waals surface area (Å²) in [6, 6.07) is 9.05. The van der Waals surface area contributed by atoms with Crippen molar-refractivity contribution in [3.8, 4) is 5.88 Å². The highest BCUT2D eigenvalue weighted by Gasteiger charge is 2.52. The molecule has 0 radical (unpaired) electrons. The molecule has 1 aromatic heterocycles. The predicted molar refractivity (Wildman–Crippen MR) is 92.6 cm³/mol. The topological polar surface area (TPSA) is 51.2 Å². The van der Waals surface area contributed by atoms with Crippen molar-refractivity contribution in [3.05, 3.63) is 57.7 Å². The molecule has 0 spiro atoms. The van der Waals surface area contributed by atoms with Crippen molar-refractivity contribution in [3.63, 3.8) is 0 Å². The number of aromatic nitrogens is 1. The fourth-order valence-corrected chi connectivity index (χ4v) is 3.87. The molecule has 1 fully saturated rings. The predicted octanol–water partition coefficient (Wildman–Crippen LogP) is 4.06. The van der Waals surface area contributed by atoms with Gasteiger partial charge in [-0.05, 0) is 36.6 Å². The van der Waals surface area contributed by atoms with Crippen LogP contribution < -0.4 is 10.1 Å². The summed E-state index contributed by atoms with van der Waals surface area (Å²) in [5.74, 6) is 0.608. The molecule has 1 unspecified atom stereocenters. The molecule has 0 saturated heterocycles. The molecular weight excluding hydrogens is 347 g/mol. The maximum absolute atomic E-state index is 13.0. The summed E-state index contributed by atoms with van der Waals surface area (Å²) in [7, 11) is 0. The van der Waals surface area contributed by atoms with Gasteiger partial charge in [-0.1, -0.05) is 35.3 Å². The molecule has 4 rings (SSSR count). The third-order valence-electron chi connectivity index (χ3n) is 4.76. The second-order valence-corrected chi connectivity index (χ2v) is 7.11. The van der Waals surface area contributed by atoms with Crippen molar-refractivity contribution >= 4 is 29.1 Å². The number of carbonyl (C=O) groups excluding carboxylic acids is 1. The van der Waals surface area contributed by atoms with Gasteiger partial charge in [0.1, 0.15) is 0 Å². The molecule has 1 saturated carbocycles. The zero-order chi connectivity index (χ0) is 16.7. The van der Waals surface area contributed by atoms with Crippen molar-refractivity contribution < 1.29 is 9.53 Å². The van der Waals surface area contributed by atoms with Gasteiger partial charge in [0.2, 0.25) is 11.8 Å². The van der Waals surface area contributed by atoms with Crippen LogP contribution in [0.3, 0.4) is 0 Å². The molecule has 4 nitrogen and oxygen atoms in total. The van der Waals surface area contributed by atoms with Gasteiger partial charge in [0, 0.05) is 28.2 Å². The van der Waals surface area contributed by atoms with E-state index in [9.17, 15) is 4.79 Å². The van der Waals surface area contributed by atoms with E-state index in [-0.39, 0.29) is 11.9 Å². The number of pyridine rings is 1. The maximum atomic E-state index is 13.0. The highest BCUT2D eigenvalue weighted by Crippen LogP contribution is 2.51. The molecule has 6 heteroatoms. The van der Waals surface area contributed by atoms with Crippen LogP contribution in [0.25, 0.3) is 0 Å². The molecule has 2 heterocycles. The Morgan fingerprint density at radius 2 is 2.12 bits per heavy atom. The van der Waals surface area contributed by atoms with E-state index in [4.69, 9.17) is 27.9 Å². The van der Waals surface area contributed by atoms with Crippen LogP contribution in [0.5, 0.6) is 5.88 Å². The van der Waals surface area contributed by atoms with Gasteiger partial charge >= 0.3 is 0 Å². The largest absolute Gasteiger partial charge is 0.477 e. The summed E-state index contributed by atoms with van der Waals surface area (Å²) in [4.78, 5) is 17.2. The van der Waals surface area contributed by atoms with Gasteiger partial charge in [0.15, 0.2) is 0 Å². The zero-order valence-corrected chi connectivity index (χ0v) is 14.4. The molecule has 2 aromatic rings. The molecule has 24 heavy (non-hydrogen) atoms. The lowest BCUT2D eigenvalue weighted by Gasteiger charge is -2.27. The average molecular weight is 363 g/mol. The third-order valence-corrected chi connectivity index (χ3v) is 5.31. The Bertz CT molecular complexity index is 805. The van der Waals surface area contributed by atoms with Crippen LogP contribution in [0.4, 0.5) is 0 Å². The molecule has 1 amide bonds. The minimum Gasteiger partial charge on any atom is -0.477 e. The van der Waals surface area contributed by atoms with Gasteiger partial charge in [-0.3, -0.25) is 4.79 Å². The second-order valence-electron chi connectivity index (χ2n) is 6.27. The minimum absolute atomic E-state index is 0.00780. The number of benzene rings is 1. The lowest BCUT2D eigenvalue weighted by atomic mass is 9.93. The Kier molecular flexibility index (Phi) is 3.89. The van der Waals surface area contributed by atoms with E-state index in [1.807, 2.05) is 18.2 Å². The number of hydrogen-bond donors (Lipinski definition) is 1. The van der Waals surface area contributed by atoms with Crippen LogP contribution in [0, 0.1) is 0 Å². The Hall–Kier alpha value is -1.78. The van der Waals surface area contributed by atoms with Crippen LogP contribution in [-0.2, 0) is 10.2 Å². The number of carbonyl (C=O) groups is 1. The van der Waals surface area contributed by atoms with Gasteiger partial charge in [-0.15, -0.1) is 0 Å². The Balaban J connectivity index is 1.59. The normalized spacial score (nSPS) is 20.7. The molecular formula is C18H16Cl2N2O2. The lowest BCUT2D eigenvalue weighted by Crippen LogP contribution is -2.39. The second kappa shape index (κ2) is 5.94. The van der Waals surface area contributed by atoms with Gasteiger partial charge in [-0.25, -0.2) is 4.98 Å². The van der Waals surface area contributed by atoms with Gasteiger partial charge < -0.3 is 10.1 Å². The Morgan fingerprint density at radius 3 is 2.88 bits per heavy atom. The Morgan fingerprint density at radius 1 is 1.29 bits per heavy atom. The first-order valence-corrected chi connectivity index (χ1v) is 8.70. The molecule has 1 atom stereocenters. The summed E-state index contributed by atoms with van der Waals surface area (Å²) in [5, 5.41) is 4.29. The van der Waals surface area contributed by atoms with E-state index < -0.39 is 5.41 Å². The van der Waals surface area contributed by atoms with Crippen LogP contribution in [0.2, 0.25) is 10.0 Å². The van der Waals surface area contributed by atoms with Crippen molar-refractivity contribution in [2.45, 2.75) is 30.7 Å². The van der Waals surface area contributed by atoms with Crippen LogP contribution in [0.15, 0.2) is 36.5 Å². The van der Waals surface area contributed by atoms with Crippen LogP contribution >= 0.6 is 23.2 Å². The summed E-state index contributed by atoms with van der Waals surface area (Å²) in [5.41, 5.74) is 1.24. The van der Waals surface area contributed by atoms with E-state index >= 15 is 0 Å². The minimum atomic E-state index is -0.539. The first kappa shape index (κ1) is 15.7. The summed E-state index contributed by atoms with van der Waals surface area (Å²) < 4.78 is 5.56.